The third-order valence-electron chi connectivity index (χ3n) is 3.29. The highest BCUT2D eigenvalue weighted by Crippen LogP contribution is 2.41. The SMILES string of the molecule is CCNC(c1cc(Br)c(Cl)s1)c1cc2c(s1)CCSC2. The summed E-state index contributed by atoms with van der Waals surface area (Å²) in [5, 5.41) is 3.60. The standard InChI is InChI=1S/C14H15BrClNS3/c1-2-17-13(12-6-9(15)14(16)20-12)11-5-8-7-18-4-3-10(8)19-11/h5-6,13,17H,2-4,7H2,1H3. The van der Waals surface area contributed by atoms with Crippen molar-refractivity contribution in [2.24, 2.45) is 0 Å². The smallest absolute Gasteiger partial charge is 0.107 e. The number of hydrogen-bond acceptors (Lipinski definition) is 4. The summed E-state index contributed by atoms with van der Waals surface area (Å²) in [6, 6.07) is 4.81. The summed E-state index contributed by atoms with van der Waals surface area (Å²) in [5.74, 6) is 2.43. The molecule has 1 aliphatic heterocycles. The zero-order valence-electron chi connectivity index (χ0n) is 11.0. The molecule has 1 N–H and O–H groups in total. The summed E-state index contributed by atoms with van der Waals surface area (Å²) in [5.41, 5.74) is 1.53. The molecule has 108 valence electrons. The first-order valence-corrected chi connectivity index (χ1v) is 10.5. The minimum atomic E-state index is 0.273. The molecule has 6 heteroatoms. The summed E-state index contributed by atoms with van der Waals surface area (Å²) in [7, 11) is 0. The maximum atomic E-state index is 6.21. The lowest BCUT2D eigenvalue weighted by Gasteiger charge is -2.14. The Kier molecular flexibility index (Phi) is 5.16. The summed E-state index contributed by atoms with van der Waals surface area (Å²) in [6.07, 6.45) is 1.22. The van der Waals surface area contributed by atoms with E-state index in [0.717, 1.165) is 15.4 Å². The summed E-state index contributed by atoms with van der Waals surface area (Å²) in [4.78, 5) is 4.28. The lowest BCUT2D eigenvalue weighted by atomic mass is 10.1. The lowest BCUT2D eigenvalue weighted by Crippen LogP contribution is -2.20. The Balaban J connectivity index is 1.95. The van der Waals surface area contributed by atoms with Crippen LogP contribution in [0.3, 0.4) is 0 Å². The third-order valence-corrected chi connectivity index (χ3v) is 8.14. The van der Waals surface area contributed by atoms with E-state index >= 15 is 0 Å². The Bertz CT molecular complexity index is 565. The van der Waals surface area contributed by atoms with Crippen molar-refractivity contribution in [3.63, 3.8) is 0 Å². The van der Waals surface area contributed by atoms with Gasteiger partial charge in [0.1, 0.15) is 4.34 Å². The van der Waals surface area contributed by atoms with Gasteiger partial charge in [0.15, 0.2) is 0 Å². The molecule has 1 aliphatic rings. The number of fused-ring (bicyclic) bond motifs is 1. The minimum Gasteiger partial charge on any atom is -0.305 e. The highest BCUT2D eigenvalue weighted by atomic mass is 79.9. The maximum absolute atomic E-state index is 6.21. The molecule has 3 rings (SSSR count). The number of thioether (sulfide) groups is 1. The monoisotopic (exact) mass is 407 g/mol. The molecule has 0 aromatic carbocycles. The Morgan fingerprint density at radius 1 is 1.35 bits per heavy atom. The molecule has 0 radical (unpaired) electrons. The van der Waals surface area contributed by atoms with Crippen molar-refractivity contribution in [1.29, 1.82) is 0 Å². The van der Waals surface area contributed by atoms with E-state index in [0.29, 0.717) is 0 Å². The lowest BCUT2D eigenvalue weighted by molar-refractivity contribution is 0.648. The molecular weight excluding hydrogens is 394 g/mol. The molecule has 0 amide bonds. The van der Waals surface area contributed by atoms with Crippen molar-refractivity contribution in [1.82, 2.24) is 5.32 Å². The van der Waals surface area contributed by atoms with Crippen molar-refractivity contribution >= 4 is 62.0 Å². The maximum Gasteiger partial charge on any atom is 0.107 e. The second-order valence-electron chi connectivity index (χ2n) is 4.66. The van der Waals surface area contributed by atoms with Crippen LogP contribution < -0.4 is 5.32 Å². The zero-order chi connectivity index (χ0) is 14.1. The van der Waals surface area contributed by atoms with Gasteiger partial charge in [-0.1, -0.05) is 18.5 Å². The Labute approximate surface area is 145 Å². The van der Waals surface area contributed by atoms with Gasteiger partial charge in [0.25, 0.3) is 0 Å². The quantitative estimate of drug-likeness (QED) is 0.695. The van der Waals surface area contributed by atoms with E-state index in [1.807, 2.05) is 23.1 Å². The van der Waals surface area contributed by atoms with E-state index in [1.165, 1.54) is 33.2 Å². The normalized spacial score (nSPS) is 16.1. The number of hydrogen-bond donors (Lipinski definition) is 1. The average Bonchev–Trinajstić information content (AvgIpc) is 3.00. The van der Waals surface area contributed by atoms with Gasteiger partial charge in [0.2, 0.25) is 0 Å². The van der Waals surface area contributed by atoms with Crippen LogP contribution in [-0.4, -0.2) is 12.3 Å². The fourth-order valence-corrected chi connectivity index (χ4v) is 6.74. The van der Waals surface area contributed by atoms with Crippen LogP contribution in [0.4, 0.5) is 0 Å². The van der Waals surface area contributed by atoms with Crippen molar-refractivity contribution in [3.8, 4) is 0 Å². The molecule has 20 heavy (non-hydrogen) atoms. The fourth-order valence-electron chi connectivity index (χ4n) is 2.36. The Morgan fingerprint density at radius 2 is 2.15 bits per heavy atom. The first-order chi connectivity index (χ1) is 9.69. The molecule has 2 aromatic rings. The van der Waals surface area contributed by atoms with Crippen LogP contribution in [0.5, 0.6) is 0 Å². The molecular formula is C14H15BrClNS3. The van der Waals surface area contributed by atoms with Crippen LogP contribution in [0.1, 0.15) is 33.2 Å². The van der Waals surface area contributed by atoms with Gasteiger partial charge in [-0.15, -0.1) is 22.7 Å². The first kappa shape index (κ1) is 15.4. The van der Waals surface area contributed by atoms with Gasteiger partial charge in [0, 0.05) is 24.9 Å². The molecule has 2 aromatic heterocycles. The number of aryl methyl sites for hydroxylation is 1. The van der Waals surface area contributed by atoms with Gasteiger partial charge in [-0.2, -0.15) is 11.8 Å². The van der Waals surface area contributed by atoms with Gasteiger partial charge < -0.3 is 5.32 Å². The molecule has 0 spiro atoms. The van der Waals surface area contributed by atoms with Crippen LogP contribution >= 0.6 is 62.0 Å². The molecule has 1 nitrogen and oxygen atoms in total. The predicted octanol–water partition coefficient (Wildman–Crippen LogP) is 5.71. The topological polar surface area (TPSA) is 12.0 Å². The molecule has 3 heterocycles. The van der Waals surface area contributed by atoms with E-state index < -0.39 is 0 Å². The van der Waals surface area contributed by atoms with Crippen molar-refractivity contribution in [2.45, 2.75) is 25.1 Å². The van der Waals surface area contributed by atoms with E-state index in [9.17, 15) is 0 Å². The molecule has 1 unspecified atom stereocenters. The summed E-state index contributed by atoms with van der Waals surface area (Å²) in [6.45, 7) is 3.11. The molecule has 1 atom stereocenters. The van der Waals surface area contributed by atoms with Gasteiger partial charge in [0.05, 0.1) is 6.04 Å². The van der Waals surface area contributed by atoms with Crippen LogP contribution in [0.25, 0.3) is 0 Å². The van der Waals surface area contributed by atoms with Crippen LogP contribution in [0.2, 0.25) is 4.34 Å². The van der Waals surface area contributed by atoms with Crippen molar-refractivity contribution in [2.75, 3.05) is 12.3 Å². The van der Waals surface area contributed by atoms with Gasteiger partial charge in [-0.3, -0.25) is 0 Å². The number of halogens is 2. The van der Waals surface area contributed by atoms with Crippen LogP contribution in [0.15, 0.2) is 16.6 Å². The molecule has 0 aliphatic carbocycles. The van der Waals surface area contributed by atoms with Crippen molar-refractivity contribution in [3.05, 3.63) is 41.1 Å². The van der Waals surface area contributed by atoms with E-state index in [1.54, 1.807) is 16.2 Å². The molecule has 0 saturated heterocycles. The largest absolute Gasteiger partial charge is 0.305 e. The number of nitrogens with one attached hydrogen (secondary N) is 1. The van der Waals surface area contributed by atoms with Gasteiger partial charge >= 0.3 is 0 Å². The van der Waals surface area contributed by atoms with E-state index in [2.05, 4.69) is 40.3 Å². The minimum absolute atomic E-state index is 0.273. The molecule has 0 saturated carbocycles. The molecule has 0 fully saturated rings. The fraction of sp³-hybridized carbons (Fsp3) is 0.429. The Morgan fingerprint density at radius 3 is 2.80 bits per heavy atom. The van der Waals surface area contributed by atoms with Crippen LogP contribution in [-0.2, 0) is 12.2 Å². The second kappa shape index (κ2) is 6.71. The summed E-state index contributed by atoms with van der Waals surface area (Å²) < 4.78 is 1.83. The third kappa shape index (κ3) is 3.13. The van der Waals surface area contributed by atoms with E-state index in [-0.39, 0.29) is 6.04 Å². The highest BCUT2D eigenvalue weighted by Gasteiger charge is 2.22. The Hall–Kier alpha value is 0.480. The van der Waals surface area contributed by atoms with Crippen LogP contribution in [0, 0.1) is 0 Å². The highest BCUT2D eigenvalue weighted by molar-refractivity contribution is 9.10. The first-order valence-electron chi connectivity index (χ1n) is 6.56. The predicted molar refractivity (Wildman–Crippen MR) is 96.7 cm³/mol. The van der Waals surface area contributed by atoms with Crippen molar-refractivity contribution < 1.29 is 0 Å². The zero-order valence-corrected chi connectivity index (χ0v) is 15.8. The number of thiophene rings is 2. The second-order valence-corrected chi connectivity index (χ2v) is 9.47. The average molecular weight is 409 g/mol. The molecule has 0 bridgehead atoms. The van der Waals surface area contributed by atoms with E-state index in [4.69, 9.17) is 11.6 Å². The number of rotatable bonds is 4. The van der Waals surface area contributed by atoms with Gasteiger partial charge in [-0.05, 0) is 52.3 Å². The van der Waals surface area contributed by atoms with Gasteiger partial charge in [-0.25, -0.2) is 0 Å². The summed E-state index contributed by atoms with van der Waals surface area (Å²) >= 11 is 15.4.